The van der Waals surface area contributed by atoms with Gasteiger partial charge in [-0.3, -0.25) is 18.4 Å². The maximum Gasteiger partial charge on any atom is 1.00 e. The molecule has 2 bridgehead atoms. The molecule has 0 aromatic rings. The van der Waals surface area contributed by atoms with Crippen LogP contribution in [0.1, 0.15) is 129 Å². The standard InChI is InChI=1S/C37H69N2O16PS.Na/c1-30(40)49-28-32(29-51-56(43,44)50-25-23-38)53-35(42)19-15-11-9-10-14-18-34-36-33(41)20-22-37(54-34,55-36)21-16-12-7-5-3-2-4-6-8-13-17-24-48-26-31(39)27-52-57(45,46)47;/h15,19,31-34,36,41H,2-14,16-18,20-29,38-39H2,1H3,(H,43,44)(H,45,46,47);/q;+1/b19-15+;/t31?,32-,33-,34-,36-,37+;/m1./s1. The molecule has 0 aromatic heterocycles. The summed E-state index contributed by atoms with van der Waals surface area (Å²) in [6.45, 7) is 0.524. The third kappa shape index (κ3) is 26.7. The molecule has 0 radical (unpaired) electrons. The normalized spacial score (nSPS) is 22.6. The number of hydrogen-bond donors (Lipinski definition) is 5. The molecular weight excluding hydrogens is 814 g/mol. The van der Waals surface area contributed by atoms with Crippen LogP contribution >= 0.6 is 7.82 Å². The van der Waals surface area contributed by atoms with Crippen LogP contribution in [0.3, 0.4) is 0 Å². The van der Waals surface area contributed by atoms with Gasteiger partial charge in [-0.15, -0.1) is 0 Å². The van der Waals surface area contributed by atoms with Crippen LogP contribution < -0.4 is 41.0 Å². The van der Waals surface area contributed by atoms with Gasteiger partial charge in [0.1, 0.15) is 12.7 Å². The second kappa shape index (κ2) is 31.3. The molecule has 7 atom stereocenters. The van der Waals surface area contributed by atoms with E-state index in [1.54, 1.807) is 6.08 Å². The number of allylic oxidation sites excluding steroid dienone is 1. The Morgan fingerprint density at radius 2 is 1.53 bits per heavy atom. The zero-order valence-corrected chi connectivity index (χ0v) is 38.3. The molecule has 2 aliphatic heterocycles. The smallest absolute Gasteiger partial charge is 0.462 e. The minimum atomic E-state index is -4.48. The van der Waals surface area contributed by atoms with Crippen LogP contribution in [-0.2, 0) is 61.5 Å². The van der Waals surface area contributed by atoms with Crippen LogP contribution in [0.2, 0.25) is 0 Å². The van der Waals surface area contributed by atoms with Crippen LogP contribution in [0.4, 0.5) is 0 Å². The SMILES string of the molecule is CC(=O)OC[C@H](COP(=O)(O)OCCN)OC(=O)/C=C/CCCCC[C@H]1O[C@]2(CCCCCCCCCCCCCOCC(N)COS(=O)(=O)O)CC[C@@H](O)[C@H]1O2.[Na+]. The number of rotatable bonds is 35. The number of phosphoric ester groups is 1. The number of aliphatic hydroxyl groups excluding tert-OH is 1. The molecule has 58 heavy (non-hydrogen) atoms. The van der Waals surface area contributed by atoms with Gasteiger partial charge in [-0.2, -0.15) is 8.42 Å². The Bertz CT molecular complexity index is 1320. The van der Waals surface area contributed by atoms with Gasteiger partial charge in [0, 0.05) is 39.0 Å². The summed E-state index contributed by atoms with van der Waals surface area (Å²) in [6, 6.07) is -0.613. The van der Waals surface area contributed by atoms with Gasteiger partial charge in [0.15, 0.2) is 11.9 Å². The molecule has 0 aromatic carbocycles. The van der Waals surface area contributed by atoms with E-state index in [0.717, 1.165) is 64.2 Å². The molecule has 2 rings (SSSR count). The molecule has 334 valence electrons. The van der Waals surface area contributed by atoms with E-state index in [-0.39, 0.29) is 74.7 Å². The van der Waals surface area contributed by atoms with Crippen molar-refractivity contribution in [1.29, 1.82) is 0 Å². The van der Waals surface area contributed by atoms with Crippen molar-refractivity contribution in [2.45, 2.75) is 165 Å². The fourth-order valence-electron chi connectivity index (χ4n) is 6.66. The number of nitrogens with two attached hydrogens (primary N) is 2. The molecular formula is C37H69N2NaO16PS+. The summed E-state index contributed by atoms with van der Waals surface area (Å²) in [4.78, 5) is 33.2. The van der Waals surface area contributed by atoms with Crippen LogP contribution in [0.15, 0.2) is 12.2 Å². The Morgan fingerprint density at radius 1 is 0.897 bits per heavy atom. The number of fused-ring (bicyclic) bond motifs is 2. The predicted octanol–water partition coefficient (Wildman–Crippen LogP) is 1.54. The van der Waals surface area contributed by atoms with Gasteiger partial charge in [-0.05, 0) is 38.5 Å². The van der Waals surface area contributed by atoms with Crippen molar-refractivity contribution in [3.05, 3.63) is 12.2 Å². The number of ether oxygens (including phenoxy) is 5. The molecule has 21 heteroatoms. The summed E-state index contributed by atoms with van der Waals surface area (Å²) in [6.07, 6.45) is 19.5. The first-order chi connectivity index (χ1) is 27.1. The molecule has 0 saturated carbocycles. The average Bonchev–Trinajstić information content (AvgIpc) is 3.46. The van der Waals surface area contributed by atoms with E-state index in [9.17, 15) is 32.6 Å². The number of aliphatic hydroxyl groups is 1. The van der Waals surface area contributed by atoms with E-state index >= 15 is 0 Å². The minimum absolute atomic E-state index is 0. The van der Waals surface area contributed by atoms with Crippen LogP contribution in [0.5, 0.6) is 0 Å². The summed E-state index contributed by atoms with van der Waals surface area (Å²) in [5.41, 5.74) is 10.9. The Morgan fingerprint density at radius 3 is 2.17 bits per heavy atom. The van der Waals surface area contributed by atoms with Crippen molar-refractivity contribution in [3.63, 3.8) is 0 Å². The largest absolute Gasteiger partial charge is 1.00 e. The van der Waals surface area contributed by atoms with E-state index in [0.29, 0.717) is 25.9 Å². The maximum absolute atomic E-state index is 12.3. The van der Waals surface area contributed by atoms with E-state index in [1.807, 2.05) is 0 Å². The molecule has 2 heterocycles. The first-order valence-corrected chi connectivity index (χ1v) is 23.3. The van der Waals surface area contributed by atoms with Gasteiger partial charge in [0.25, 0.3) is 0 Å². The van der Waals surface area contributed by atoms with Crippen molar-refractivity contribution in [2.24, 2.45) is 11.5 Å². The predicted molar refractivity (Wildman–Crippen MR) is 209 cm³/mol. The maximum atomic E-state index is 12.3. The van der Waals surface area contributed by atoms with E-state index in [4.69, 9.17) is 44.2 Å². The first-order valence-electron chi connectivity index (χ1n) is 20.4. The molecule has 2 saturated heterocycles. The summed E-state index contributed by atoms with van der Waals surface area (Å²) in [5, 5.41) is 10.6. The van der Waals surface area contributed by atoms with Gasteiger partial charge in [0.2, 0.25) is 0 Å². The number of esters is 2. The third-order valence-corrected chi connectivity index (χ3v) is 11.0. The molecule has 2 unspecified atom stereocenters. The molecule has 7 N–H and O–H groups in total. The van der Waals surface area contributed by atoms with Gasteiger partial charge >= 0.3 is 59.7 Å². The topological polar surface area (TPSA) is 272 Å². The van der Waals surface area contributed by atoms with Crippen LogP contribution in [0, 0.1) is 0 Å². The molecule has 0 aliphatic carbocycles. The fraction of sp³-hybridized carbons (Fsp3) is 0.892. The second-order valence-corrected chi connectivity index (χ2v) is 17.3. The quantitative estimate of drug-likeness (QED) is 0.0151. The molecule has 18 nitrogen and oxygen atoms in total. The van der Waals surface area contributed by atoms with Crippen molar-refractivity contribution in [3.8, 4) is 0 Å². The second-order valence-electron chi connectivity index (χ2n) is 14.7. The van der Waals surface area contributed by atoms with E-state index in [1.165, 1.54) is 51.5 Å². The zero-order chi connectivity index (χ0) is 42.0. The minimum Gasteiger partial charge on any atom is -0.462 e. The monoisotopic (exact) mass is 883 g/mol. The molecule has 0 spiro atoms. The third-order valence-electron chi connectivity index (χ3n) is 9.56. The van der Waals surface area contributed by atoms with E-state index in [2.05, 4.69) is 8.71 Å². The number of carbonyl (C=O) groups is 2. The van der Waals surface area contributed by atoms with Crippen LogP contribution in [0.25, 0.3) is 0 Å². The Balaban J connectivity index is 0.0000168. The number of carbonyl (C=O) groups excluding carboxylic acids is 2. The average molecular weight is 884 g/mol. The van der Waals surface area contributed by atoms with Gasteiger partial charge in [-0.25, -0.2) is 13.5 Å². The summed E-state index contributed by atoms with van der Waals surface area (Å²) >= 11 is 0. The summed E-state index contributed by atoms with van der Waals surface area (Å²) in [7, 11) is -8.89. The molecule has 2 fully saturated rings. The van der Waals surface area contributed by atoms with Crippen molar-refractivity contribution in [1.82, 2.24) is 0 Å². The summed E-state index contributed by atoms with van der Waals surface area (Å²) in [5.74, 6) is -1.93. The Labute approximate surface area is 366 Å². The Hall–Kier alpha value is -0.580. The van der Waals surface area contributed by atoms with Crippen molar-refractivity contribution >= 4 is 30.2 Å². The van der Waals surface area contributed by atoms with Gasteiger partial charge in [-0.1, -0.05) is 76.7 Å². The number of hydrogen-bond acceptors (Lipinski definition) is 16. The van der Waals surface area contributed by atoms with Gasteiger partial charge in [0.05, 0.1) is 44.7 Å². The van der Waals surface area contributed by atoms with Crippen molar-refractivity contribution in [2.75, 3.05) is 46.2 Å². The molecule has 2 aliphatic rings. The first kappa shape index (κ1) is 55.4. The zero-order valence-electron chi connectivity index (χ0n) is 34.6. The summed E-state index contributed by atoms with van der Waals surface area (Å²) < 4.78 is 83.6. The molecule has 0 amide bonds. The van der Waals surface area contributed by atoms with Crippen molar-refractivity contribution < 1.29 is 104 Å². The van der Waals surface area contributed by atoms with Gasteiger partial charge < -0.3 is 45.2 Å². The fourth-order valence-corrected chi connectivity index (χ4v) is 7.77. The number of phosphoric acid groups is 1. The number of unbranched alkanes of at least 4 members (excludes halogenated alkanes) is 13. The van der Waals surface area contributed by atoms with Crippen LogP contribution in [-0.4, -0.2) is 117 Å². The Kier molecular flexibility index (Phi) is 29.9. The van der Waals surface area contributed by atoms with E-state index < -0.39 is 60.8 Å².